The Balaban J connectivity index is 1.26. The molecule has 4 N–H and O–H groups in total. The Morgan fingerprint density at radius 2 is 1.05 bits per heavy atom. The van der Waals surface area contributed by atoms with Gasteiger partial charge in [0.15, 0.2) is 5.60 Å². The Kier molecular flexibility index (Phi) is 11.0. The normalized spacial score (nSPS) is 11.0. The minimum atomic E-state index is -1.02. The van der Waals surface area contributed by atoms with Crippen LogP contribution in [0.1, 0.15) is 60.8 Å². The molecular formula is C35H37N3O4. The van der Waals surface area contributed by atoms with Crippen molar-refractivity contribution in [1.82, 2.24) is 5.48 Å². The maximum absolute atomic E-state index is 12.9. The molecule has 0 bridgehead atoms. The van der Waals surface area contributed by atoms with E-state index in [2.05, 4.69) is 10.8 Å². The number of primary amides is 1. The summed E-state index contributed by atoms with van der Waals surface area (Å²) in [4.78, 5) is 42.6. The smallest absolute Gasteiger partial charge is 0.243 e. The average Bonchev–Trinajstić information content (AvgIpc) is 3.01. The van der Waals surface area contributed by atoms with E-state index in [1.165, 1.54) is 0 Å². The van der Waals surface area contributed by atoms with Crippen LogP contribution in [0.25, 0.3) is 0 Å². The van der Waals surface area contributed by atoms with E-state index in [1.807, 2.05) is 91.0 Å². The van der Waals surface area contributed by atoms with E-state index in [4.69, 9.17) is 10.6 Å². The number of nitrogens with two attached hydrogens (primary N) is 1. The Hall–Kier alpha value is -4.75. The number of carbonyl (C=O) groups excluding carboxylic acids is 3. The Morgan fingerprint density at radius 1 is 0.595 bits per heavy atom. The van der Waals surface area contributed by atoms with Crippen LogP contribution >= 0.6 is 0 Å². The quantitative estimate of drug-likeness (QED) is 0.0931. The van der Waals surface area contributed by atoms with Gasteiger partial charge in [-0.3, -0.25) is 19.2 Å². The zero-order valence-corrected chi connectivity index (χ0v) is 23.6. The number of unbranched alkanes of at least 4 members (excludes halogenated alkanes) is 3. The Morgan fingerprint density at radius 3 is 1.50 bits per heavy atom. The molecule has 0 aliphatic rings. The molecule has 3 amide bonds. The first-order valence-electron chi connectivity index (χ1n) is 14.3. The maximum atomic E-state index is 12.9. The van der Waals surface area contributed by atoms with E-state index in [-0.39, 0.29) is 18.2 Å². The van der Waals surface area contributed by atoms with Crippen LogP contribution < -0.4 is 16.5 Å². The maximum Gasteiger partial charge on any atom is 0.243 e. The molecule has 0 fully saturated rings. The fourth-order valence-electron chi connectivity index (χ4n) is 4.94. The van der Waals surface area contributed by atoms with Crippen LogP contribution in [-0.2, 0) is 31.2 Å². The average molecular weight is 564 g/mol. The number of amides is 3. The van der Waals surface area contributed by atoms with Crippen molar-refractivity contribution >= 4 is 23.4 Å². The first-order valence-corrected chi connectivity index (χ1v) is 14.3. The van der Waals surface area contributed by atoms with Gasteiger partial charge in [0.2, 0.25) is 17.7 Å². The van der Waals surface area contributed by atoms with Gasteiger partial charge in [-0.25, -0.2) is 5.48 Å². The predicted octanol–water partition coefficient (Wildman–Crippen LogP) is 6.03. The van der Waals surface area contributed by atoms with Gasteiger partial charge in [0.1, 0.15) is 0 Å². The molecule has 0 saturated carbocycles. The first kappa shape index (κ1) is 30.2. The molecule has 0 aliphatic heterocycles. The van der Waals surface area contributed by atoms with Crippen LogP contribution in [-0.4, -0.2) is 17.7 Å². The van der Waals surface area contributed by atoms with Gasteiger partial charge in [-0.05, 0) is 47.2 Å². The predicted molar refractivity (Wildman–Crippen MR) is 164 cm³/mol. The molecule has 0 aliphatic carbocycles. The third-order valence-electron chi connectivity index (χ3n) is 7.03. The van der Waals surface area contributed by atoms with Gasteiger partial charge >= 0.3 is 0 Å². The third kappa shape index (κ3) is 8.38. The van der Waals surface area contributed by atoms with Gasteiger partial charge in [-0.15, -0.1) is 0 Å². The van der Waals surface area contributed by atoms with Crippen molar-refractivity contribution in [2.45, 2.75) is 50.5 Å². The molecular weight excluding hydrogens is 526 g/mol. The molecule has 0 saturated heterocycles. The minimum absolute atomic E-state index is 0.0668. The lowest BCUT2D eigenvalue weighted by atomic mass is 9.80. The highest BCUT2D eigenvalue weighted by Crippen LogP contribution is 2.39. The molecule has 42 heavy (non-hydrogen) atoms. The summed E-state index contributed by atoms with van der Waals surface area (Å²) >= 11 is 0. The summed E-state index contributed by atoms with van der Waals surface area (Å²) in [5.74, 6) is -0.654. The number of hydroxylamine groups is 1. The monoisotopic (exact) mass is 563 g/mol. The molecule has 0 spiro atoms. The van der Waals surface area contributed by atoms with Crippen molar-refractivity contribution in [3.8, 4) is 0 Å². The highest BCUT2D eigenvalue weighted by atomic mass is 16.7. The molecule has 216 valence electrons. The summed E-state index contributed by atoms with van der Waals surface area (Å²) in [6.07, 6.45) is 3.96. The molecule has 7 heteroatoms. The van der Waals surface area contributed by atoms with Gasteiger partial charge in [0.05, 0.1) is 6.42 Å². The lowest BCUT2D eigenvalue weighted by Crippen LogP contribution is -2.40. The number of hydrogen-bond donors (Lipinski definition) is 3. The van der Waals surface area contributed by atoms with Crippen molar-refractivity contribution in [2.75, 3.05) is 5.32 Å². The summed E-state index contributed by atoms with van der Waals surface area (Å²) in [7, 11) is 0. The second-order valence-electron chi connectivity index (χ2n) is 10.2. The molecule has 4 rings (SSSR count). The van der Waals surface area contributed by atoms with E-state index in [9.17, 15) is 14.4 Å². The van der Waals surface area contributed by atoms with Gasteiger partial charge in [0, 0.05) is 18.5 Å². The number of benzene rings is 4. The number of hydrogen-bond acceptors (Lipinski definition) is 4. The molecule has 0 heterocycles. The molecule has 0 radical (unpaired) electrons. The fourth-order valence-corrected chi connectivity index (χ4v) is 4.94. The summed E-state index contributed by atoms with van der Waals surface area (Å²) in [5, 5.41) is 2.87. The highest BCUT2D eigenvalue weighted by molar-refractivity contribution is 5.90. The minimum Gasteiger partial charge on any atom is -0.369 e. The van der Waals surface area contributed by atoms with Gasteiger partial charge in [-0.2, -0.15) is 0 Å². The number of rotatable bonds is 15. The van der Waals surface area contributed by atoms with Crippen molar-refractivity contribution < 1.29 is 19.2 Å². The van der Waals surface area contributed by atoms with Gasteiger partial charge in [0.25, 0.3) is 0 Å². The fraction of sp³-hybridized carbons (Fsp3) is 0.229. The van der Waals surface area contributed by atoms with E-state index in [1.54, 1.807) is 24.3 Å². The Bertz CT molecular complexity index is 1330. The van der Waals surface area contributed by atoms with Gasteiger partial charge < -0.3 is 11.1 Å². The highest BCUT2D eigenvalue weighted by Gasteiger charge is 2.39. The largest absolute Gasteiger partial charge is 0.369 e. The van der Waals surface area contributed by atoms with Crippen LogP contribution in [0.5, 0.6) is 0 Å². The number of anilines is 1. The molecule has 4 aromatic rings. The summed E-state index contributed by atoms with van der Waals surface area (Å²) in [6.45, 7) is 0. The molecule has 0 atom stereocenters. The molecule has 7 nitrogen and oxygen atoms in total. The van der Waals surface area contributed by atoms with E-state index in [0.29, 0.717) is 24.9 Å². The van der Waals surface area contributed by atoms with Crippen molar-refractivity contribution in [1.29, 1.82) is 0 Å². The van der Waals surface area contributed by atoms with Crippen LogP contribution in [0.4, 0.5) is 5.69 Å². The van der Waals surface area contributed by atoms with Crippen molar-refractivity contribution in [3.63, 3.8) is 0 Å². The number of nitrogens with one attached hydrogen (secondary N) is 2. The van der Waals surface area contributed by atoms with Crippen molar-refractivity contribution in [2.24, 2.45) is 5.73 Å². The number of carbonyl (C=O) groups is 3. The van der Waals surface area contributed by atoms with E-state index in [0.717, 1.165) is 41.5 Å². The van der Waals surface area contributed by atoms with Crippen LogP contribution in [0.15, 0.2) is 115 Å². The van der Waals surface area contributed by atoms with Crippen LogP contribution in [0, 0.1) is 0 Å². The second-order valence-corrected chi connectivity index (χ2v) is 10.2. The summed E-state index contributed by atoms with van der Waals surface area (Å²) in [6, 6.07) is 36.7. The lowest BCUT2D eigenvalue weighted by Gasteiger charge is -2.35. The Labute approximate surface area is 247 Å². The van der Waals surface area contributed by atoms with Crippen molar-refractivity contribution in [3.05, 3.63) is 138 Å². The SMILES string of the molecule is NC(=O)Cc1ccc(NC(=O)CCCCCCC(=O)NOC(c2ccccc2)(c2ccccc2)c2ccccc2)cc1. The molecule has 0 aromatic heterocycles. The summed E-state index contributed by atoms with van der Waals surface area (Å²) in [5.41, 5.74) is 11.1. The van der Waals surface area contributed by atoms with E-state index >= 15 is 0 Å². The summed E-state index contributed by atoms with van der Waals surface area (Å²) < 4.78 is 0. The molecule has 4 aromatic carbocycles. The van der Waals surface area contributed by atoms with Crippen LogP contribution in [0.2, 0.25) is 0 Å². The zero-order chi connectivity index (χ0) is 29.6. The third-order valence-corrected chi connectivity index (χ3v) is 7.03. The second kappa shape index (κ2) is 15.3. The zero-order valence-electron chi connectivity index (χ0n) is 23.6. The first-order chi connectivity index (χ1) is 20.5. The van der Waals surface area contributed by atoms with Gasteiger partial charge in [-0.1, -0.05) is 116 Å². The standard InChI is InChI=1S/C35H37N3O4/c36-32(39)26-27-22-24-31(25-23-27)37-33(40)20-12-1-2-13-21-34(41)38-42-35(28-14-6-3-7-15-28,29-16-8-4-9-17-29)30-18-10-5-11-19-30/h3-11,14-19,22-25H,1-2,12-13,20-21,26H2,(H2,36,39)(H,37,40)(H,38,41). The lowest BCUT2D eigenvalue weighted by molar-refractivity contribution is -0.143. The van der Waals surface area contributed by atoms with E-state index < -0.39 is 11.5 Å². The molecule has 0 unspecified atom stereocenters. The van der Waals surface area contributed by atoms with Crippen LogP contribution in [0.3, 0.4) is 0 Å². The topological polar surface area (TPSA) is 111 Å².